The highest BCUT2D eigenvalue weighted by Gasteiger charge is 2.26. The third kappa shape index (κ3) is 6.66. The van der Waals surface area contributed by atoms with Gasteiger partial charge in [0.15, 0.2) is 5.96 Å². The summed E-state index contributed by atoms with van der Waals surface area (Å²) in [5.74, 6) is 0.752. The molecule has 29 heavy (non-hydrogen) atoms. The predicted octanol–water partition coefficient (Wildman–Crippen LogP) is 3.71. The minimum Gasteiger partial charge on any atom is -0.357 e. The van der Waals surface area contributed by atoms with Crippen molar-refractivity contribution in [2.45, 2.75) is 44.7 Å². The van der Waals surface area contributed by atoms with Crippen LogP contribution in [0.25, 0.3) is 0 Å². The summed E-state index contributed by atoms with van der Waals surface area (Å²) in [5, 5.41) is 6.58. The molecule has 0 aliphatic carbocycles. The number of sulfonamides is 1. The van der Waals surface area contributed by atoms with Crippen molar-refractivity contribution < 1.29 is 8.42 Å². The van der Waals surface area contributed by atoms with Crippen LogP contribution in [0.2, 0.25) is 0 Å². The molecule has 1 aromatic carbocycles. The number of aliphatic imine (C=N–C) groups is 1. The summed E-state index contributed by atoms with van der Waals surface area (Å²) in [6, 6.07) is 11.3. The van der Waals surface area contributed by atoms with Gasteiger partial charge in [0.05, 0.1) is 18.0 Å². The first-order chi connectivity index (χ1) is 13.5. The zero-order chi connectivity index (χ0) is 20.0. The molecule has 3 rings (SSSR count). The second kappa shape index (κ2) is 11.3. The number of nitrogens with one attached hydrogen (secondary N) is 2. The summed E-state index contributed by atoms with van der Waals surface area (Å²) >= 11 is 1.77. The third-order valence-electron chi connectivity index (χ3n) is 4.62. The maximum atomic E-state index is 12.6. The van der Waals surface area contributed by atoms with Crippen LogP contribution in [0.5, 0.6) is 0 Å². The van der Waals surface area contributed by atoms with E-state index in [0.717, 1.165) is 37.5 Å². The fourth-order valence-electron chi connectivity index (χ4n) is 3.11. The Balaban J connectivity index is 0.00000300. The zero-order valence-corrected chi connectivity index (χ0v) is 20.8. The van der Waals surface area contributed by atoms with Crippen LogP contribution in [0.4, 0.5) is 0 Å². The van der Waals surface area contributed by atoms with Gasteiger partial charge in [-0.2, -0.15) is 4.31 Å². The van der Waals surface area contributed by atoms with Crippen LogP contribution >= 0.6 is 35.3 Å². The van der Waals surface area contributed by atoms with E-state index in [1.807, 2.05) is 19.1 Å². The summed E-state index contributed by atoms with van der Waals surface area (Å²) in [6.07, 6.45) is 1.88. The van der Waals surface area contributed by atoms with Crippen LogP contribution in [0, 0.1) is 6.92 Å². The second-order valence-corrected chi connectivity index (χ2v) is 10.1. The highest BCUT2D eigenvalue weighted by Crippen LogP contribution is 2.21. The van der Waals surface area contributed by atoms with Gasteiger partial charge in [0.25, 0.3) is 0 Å². The van der Waals surface area contributed by atoms with Crippen LogP contribution in [0.15, 0.2) is 46.3 Å². The van der Waals surface area contributed by atoms with E-state index < -0.39 is 10.0 Å². The number of hydrogen-bond acceptors (Lipinski definition) is 4. The van der Waals surface area contributed by atoms with Crippen LogP contribution < -0.4 is 10.6 Å². The fraction of sp³-hybridized carbons (Fsp3) is 0.450. The van der Waals surface area contributed by atoms with E-state index in [-0.39, 0.29) is 24.0 Å². The summed E-state index contributed by atoms with van der Waals surface area (Å²) in [5.41, 5.74) is 0.976. The van der Waals surface area contributed by atoms with Crippen LogP contribution in [-0.2, 0) is 23.1 Å². The molecule has 0 atom stereocenters. The Morgan fingerprint density at radius 1 is 1.10 bits per heavy atom. The lowest BCUT2D eigenvalue weighted by Gasteiger charge is -2.15. The summed E-state index contributed by atoms with van der Waals surface area (Å²) in [4.78, 5) is 7.53. The molecule has 0 unspecified atom stereocenters. The lowest BCUT2D eigenvalue weighted by atomic mass is 10.2. The van der Waals surface area contributed by atoms with Gasteiger partial charge < -0.3 is 10.6 Å². The molecule has 2 N–H and O–H groups in total. The van der Waals surface area contributed by atoms with Crippen molar-refractivity contribution in [3.8, 4) is 0 Å². The monoisotopic (exact) mass is 548 g/mol. The maximum absolute atomic E-state index is 12.6. The molecule has 1 aliphatic heterocycles. The Bertz CT molecular complexity index is 905. The molecule has 2 aromatic rings. The van der Waals surface area contributed by atoms with Crippen molar-refractivity contribution in [1.82, 2.24) is 14.9 Å². The average Bonchev–Trinajstić information content (AvgIpc) is 3.36. The molecule has 160 valence electrons. The minimum absolute atomic E-state index is 0. The van der Waals surface area contributed by atoms with Crippen LogP contribution in [0.1, 0.15) is 35.1 Å². The molecule has 0 spiro atoms. The lowest BCUT2D eigenvalue weighted by Crippen LogP contribution is -2.36. The molecule has 6 nitrogen and oxygen atoms in total. The highest BCUT2D eigenvalue weighted by atomic mass is 127. The Morgan fingerprint density at radius 3 is 2.38 bits per heavy atom. The Morgan fingerprint density at radius 2 is 1.79 bits per heavy atom. The van der Waals surface area contributed by atoms with Gasteiger partial charge in [-0.15, -0.1) is 35.3 Å². The van der Waals surface area contributed by atoms with Crippen molar-refractivity contribution in [3.05, 3.63) is 51.7 Å². The molecule has 2 heterocycles. The fourth-order valence-corrected chi connectivity index (χ4v) is 5.45. The molecule has 9 heteroatoms. The topological polar surface area (TPSA) is 73.8 Å². The molecule has 0 bridgehead atoms. The van der Waals surface area contributed by atoms with E-state index in [9.17, 15) is 8.42 Å². The number of thiophene rings is 1. The average molecular weight is 549 g/mol. The standard InChI is InChI=1S/C20H28N4O2S2.HI/c1-3-21-20(23-15-18-9-6-16(2)27-18)22-14-17-7-10-19(11-8-17)28(25,26)24-12-4-5-13-24;/h6-11H,3-5,12-15H2,1-2H3,(H2,21,22,23);1H. The van der Waals surface area contributed by atoms with E-state index in [2.05, 4.69) is 34.7 Å². The van der Waals surface area contributed by atoms with Crippen LogP contribution in [0.3, 0.4) is 0 Å². The molecule has 0 radical (unpaired) electrons. The number of guanidine groups is 1. The van der Waals surface area contributed by atoms with Crippen molar-refractivity contribution in [1.29, 1.82) is 0 Å². The Kier molecular flexibility index (Phi) is 9.38. The first-order valence-electron chi connectivity index (χ1n) is 9.65. The summed E-state index contributed by atoms with van der Waals surface area (Å²) < 4.78 is 26.8. The Hall–Kier alpha value is -1.17. The zero-order valence-electron chi connectivity index (χ0n) is 16.8. The predicted molar refractivity (Wildman–Crippen MR) is 131 cm³/mol. The molecular formula is C20H29IN4O2S2. The normalized spacial score (nSPS) is 15.2. The maximum Gasteiger partial charge on any atom is 0.243 e. The number of nitrogens with zero attached hydrogens (tertiary/aromatic N) is 2. The van der Waals surface area contributed by atoms with Crippen molar-refractivity contribution in [2.75, 3.05) is 19.6 Å². The molecule has 1 aliphatic rings. The molecule has 1 saturated heterocycles. The van der Waals surface area contributed by atoms with Crippen molar-refractivity contribution in [2.24, 2.45) is 4.99 Å². The second-order valence-electron chi connectivity index (χ2n) is 6.82. The quantitative estimate of drug-likeness (QED) is 0.315. The smallest absolute Gasteiger partial charge is 0.243 e. The number of halogens is 1. The van der Waals surface area contributed by atoms with Gasteiger partial charge in [0.1, 0.15) is 0 Å². The molecular weight excluding hydrogens is 519 g/mol. The molecule has 0 amide bonds. The van der Waals surface area contributed by atoms with Crippen molar-refractivity contribution >= 4 is 51.3 Å². The SMILES string of the molecule is CCNC(=NCc1ccc(S(=O)(=O)N2CCCC2)cc1)NCc1ccc(C)s1.I. The van der Waals surface area contributed by atoms with Gasteiger partial charge in [0, 0.05) is 29.4 Å². The van der Waals surface area contributed by atoms with E-state index in [0.29, 0.717) is 24.5 Å². The van der Waals surface area contributed by atoms with Gasteiger partial charge in [0.2, 0.25) is 10.0 Å². The highest BCUT2D eigenvalue weighted by molar-refractivity contribution is 14.0. The van der Waals surface area contributed by atoms with Gasteiger partial charge >= 0.3 is 0 Å². The number of aryl methyl sites for hydroxylation is 1. The number of rotatable bonds is 7. The largest absolute Gasteiger partial charge is 0.357 e. The first kappa shape index (κ1) is 24.1. The van der Waals surface area contributed by atoms with Gasteiger partial charge in [-0.05, 0) is 56.5 Å². The van der Waals surface area contributed by atoms with E-state index >= 15 is 0 Å². The lowest BCUT2D eigenvalue weighted by molar-refractivity contribution is 0.477. The van der Waals surface area contributed by atoms with Crippen molar-refractivity contribution in [3.63, 3.8) is 0 Å². The Labute approximate surface area is 194 Å². The summed E-state index contributed by atoms with van der Waals surface area (Å²) in [6.45, 7) is 7.37. The van der Waals surface area contributed by atoms with E-state index in [1.165, 1.54) is 9.75 Å². The minimum atomic E-state index is -3.36. The molecule has 1 aromatic heterocycles. The van der Waals surface area contributed by atoms with Gasteiger partial charge in [-0.1, -0.05) is 12.1 Å². The first-order valence-corrected chi connectivity index (χ1v) is 11.9. The van der Waals surface area contributed by atoms with E-state index in [4.69, 9.17) is 0 Å². The number of hydrogen-bond donors (Lipinski definition) is 2. The summed E-state index contributed by atoms with van der Waals surface area (Å²) in [7, 11) is -3.36. The number of benzene rings is 1. The molecule has 0 saturated carbocycles. The van der Waals surface area contributed by atoms with Crippen LogP contribution in [-0.4, -0.2) is 38.3 Å². The van der Waals surface area contributed by atoms with Gasteiger partial charge in [-0.25, -0.2) is 13.4 Å². The third-order valence-corrected chi connectivity index (χ3v) is 7.53. The molecule has 1 fully saturated rings. The van der Waals surface area contributed by atoms with E-state index in [1.54, 1.807) is 27.8 Å². The van der Waals surface area contributed by atoms with Gasteiger partial charge in [-0.3, -0.25) is 0 Å².